The quantitative estimate of drug-likeness (QED) is 0.790. The summed E-state index contributed by atoms with van der Waals surface area (Å²) in [6.45, 7) is 8.60. The normalized spacial score (nSPS) is 34.1. The first kappa shape index (κ1) is 12.4. The van der Waals surface area contributed by atoms with Crippen molar-refractivity contribution in [3.05, 3.63) is 0 Å². The number of likely N-dealkylation sites (tertiary alicyclic amines) is 1. The topological polar surface area (TPSA) is 15.3 Å². The second-order valence-corrected chi connectivity index (χ2v) is 5.69. The molecule has 0 radical (unpaired) electrons. The van der Waals surface area contributed by atoms with E-state index in [4.69, 9.17) is 0 Å². The third-order valence-electron chi connectivity index (χ3n) is 4.49. The molecule has 16 heavy (non-hydrogen) atoms. The van der Waals surface area contributed by atoms with E-state index in [1.807, 2.05) is 0 Å². The van der Waals surface area contributed by atoms with Crippen molar-refractivity contribution in [2.75, 3.05) is 19.6 Å². The van der Waals surface area contributed by atoms with Crippen molar-refractivity contribution in [2.45, 2.75) is 64.5 Å². The SMILES string of the molecule is CCCC(C)N1CCCC1C1CCCNC1. The van der Waals surface area contributed by atoms with Crippen LogP contribution in [-0.4, -0.2) is 36.6 Å². The second-order valence-electron chi connectivity index (χ2n) is 5.69. The van der Waals surface area contributed by atoms with Crippen LogP contribution in [0.1, 0.15) is 52.4 Å². The van der Waals surface area contributed by atoms with E-state index in [0.717, 1.165) is 18.0 Å². The molecule has 0 aromatic heterocycles. The largest absolute Gasteiger partial charge is 0.316 e. The van der Waals surface area contributed by atoms with Crippen LogP contribution in [0.15, 0.2) is 0 Å². The molecule has 0 bridgehead atoms. The fourth-order valence-corrected chi connectivity index (χ4v) is 3.66. The van der Waals surface area contributed by atoms with Gasteiger partial charge < -0.3 is 5.32 Å². The minimum atomic E-state index is 0.805. The summed E-state index contributed by atoms with van der Waals surface area (Å²) in [5.74, 6) is 0.926. The van der Waals surface area contributed by atoms with Crippen LogP contribution in [0.5, 0.6) is 0 Å². The minimum Gasteiger partial charge on any atom is -0.316 e. The zero-order valence-corrected chi connectivity index (χ0v) is 11.0. The predicted molar refractivity (Wildman–Crippen MR) is 69.7 cm³/mol. The highest BCUT2D eigenvalue weighted by atomic mass is 15.2. The zero-order chi connectivity index (χ0) is 11.4. The number of nitrogens with zero attached hydrogens (tertiary/aromatic N) is 1. The molecule has 2 saturated heterocycles. The van der Waals surface area contributed by atoms with Crippen molar-refractivity contribution < 1.29 is 0 Å². The molecule has 2 aliphatic heterocycles. The van der Waals surface area contributed by atoms with Crippen LogP contribution in [0.3, 0.4) is 0 Å². The Morgan fingerprint density at radius 1 is 1.31 bits per heavy atom. The van der Waals surface area contributed by atoms with Gasteiger partial charge in [0.15, 0.2) is 0 Å². The highest BCUT2D eigenvalue weighted by Gasteiger charge is 2.34. The van der Waals surface area contributed by atoms with Crippen LogP contribution in [0.25, 0.3) is 0 Å². The first-order valence-corrected chi connectivity index (χ1v) is 7.29. The van der Waals surface area contributed by atoms with Crippen LogP contribution in [0.2, 0.25) is 0 Å². The van der Waals surface area contributed by atoms with Crippen molar-refractivity contribution in [2.24, 2.45) is 5.92 Å². The summed E-state index contributed by atoms with van der Waals surface area (Å²) in [5.41, 5.74) is 0. The maximum atomic E-state index is 3.58. The van der Waals surface area contributed by atoms with Gasteiger partial charge in [-0.1, -0.05) is 13.3 Å². The van der Waals surface area contributed by atoms with Crippen molar-refractivity contribution in [1.82, 2.24) is 10.2 Å². The van der Waals surface area contributed by atoms with Gasteiger partial charge in [-0.15, -0.1) is 0 Å². The molecule has 2 rings (SSSR count). The van der Waals surface area contributed by atoms with Gasteiger partial charge in [0.05, 0.1) is 0 Å². The van der Waals surface area contributed by atoms with E-state index in [9.17, 15) is 0 Å². The standard InChI is InChI=1S/C14H28N2/c1-3-6-12(2)16-10-5-8-14(16)13-7-4-9-15-11-13/h12-15H,3-11H2,1-2H3. The summed E-state index contributed by atoms with van der Waals surface area (Å²) < 4.78 is 0. The Kier molecular flexibility index (Phi) is 4.66. The Hall–Kier alpha value is -0.0800. The summed E-state index contributed by atoms with van der Waals surface area (Å²) >= 11 is 0. The number of rotatable bonds is 4. The second kappa shape index (κ2) is 6.02. The van der Waals surface area contributed by atoms with Gasteiger partial charge in [-0.3, -0.25) is 4.90 Å². The fraction of sp³-hybridized carbons (Fsp3) is 1.00. The molecule has 0 aromatic carbocycles. The van der Waals surface area contributed by atoms with Gasteiger partial charge in [0.1, 0.15) is 0 Å². The van der Waals surface area contributed by atoms with E-state index in [1.165, 1.54) is 58.2 Å². The maximum Gasteiger partial charge on any atom is 0.0139 e. The average molecular weight is 224 g/mol. The molecular weight excluding hydrogens is 196 g/mol. The molecule has 94 valence electrons. The molecule has 2 aliphatic rings. The van der Waals surface area contributed by atoms with Crippen LogP contribution in [0, 0.1) is 5.92 Å². The summed E-state index contributed by atoms with van der Waals surface area (Å²) in [6, 6.07) is 1.69. The summed E-state index contributed by atoms with van der Waals surface area (Å²) in [7, 11) is 0. The molecule has 0 amide bonds. The first-order chi connectivity index (χ1) is 7.83. The van der Waals surface area contributed by atoms with E-state index < -0.39 is 0 Å². The molecule has 2 heterocycles. The molecule has 0 aromatic rings. The molecule has 2 fully saturated rings. The molecule has 2 heteroatoms. The maximum absolute atomic E-state index is 3.58. The Balaban J connectivity index is 1.91. The molecular formula is C14H28N2. The number of hydrogen-bond acceptors (Lipinski definition) is 2. The van der Waals surface area contributed by atoms with E-state index in [0.29, 0.717) is 0 Å². The van der Waals surface area contributed by atoms with Gasteiger partial charge in [0.2, 0.25) is 0 Å². The molecule has 2 nitrogen and oxygen atoms in total. The van der Waals surface area contributed by atoms with Crippen molar-refractivity contribution in [3.8, 4) is 0 Å². The lowest BCUT2D eigenvalue weighted by molar-refractivity contribution is 0.121. The van der Waals surface area contributed by atoms with Gasteiger partial charge in [-0.2, -0.15) is 0 Å². The van der Waals surface area contributed by atoms with E-state index in [1.54, 1.807) is 0 Å². The molecule has 1 N–H and O–H groups in total. The van der Waals surface area contributed by atoms with Crippen LogP contribution in [-0.2, 0) is 0 Å². The number of nitrogens with one attached hydrogen (secondary N) is 1. The van der Waals surface area contributed by atoms with E-state index in [-0.39, 0.29) is 0 Å². The fourth-order valence-electron chi connectivity index (χ4n) is 3.66. The number of piperidine rings is 1. The molecule has 0 saturated carbocycles. The highest BCUT2D eigenvalue weighted by Crippen LogP contribution is 2.30. The molecule has 0 aliphatic carbocycles. The lowest BCUT2D eigenvalue weighted by atomic mass is 9.89. The monoisotopic (exact) mass is 224 g/mol. The Bertz CT molecular complexity index is 199. The molecule has 3 atom stereocenters. The number of hydrogen-bond donors (Lipinski definition) is 1. The van der Waals surface area contributed by atoms with Gasteiger partial charge >= 0.3 is 0 Å². The first-order valence-electron chi connectivity index (χ1n) is 7.29. The highest BCUT2D eigenvalue weighted by molar-refractivity contribution is 4.90. The Morgan fingerprint density at radius 2 is 2.19 bits per heavy atom. The minimum absolute atomic E-state index is 0.805. The Morgan fingerprint density at radius 3 is 2.88 bits per heavy atom. The summed E-state index contributed by atoms with van der Waals surface area (Å²) in [6.07, 6.45) is 8.41. The third kappa shape index (κ3) is 2.78. The van der Waals surface area contributed by atoms with Crippen LogP contribution < -0.4 is 5.32 Å². The Labute approximate surface area is 101 Å². The predicted octanol–water partition coefficient (Wildman–Crippen LogP) is 2.64. The van der Waals surface area contributed by atoms with Crippen molar-refractivity contribution in [3.63, 3.8) is 0 Å². The molecule has 3 unspecified atom stereocenters. The zero-order valence-electron chi connectivity index (χ0n) is 11.0. The van der Waals surface area contributed by atoms with E-state index in [2.05, 4.69) is 24.1 Å². The lowest BCUT2D eigenvalue weighted by Gasteiger charge is -2.37. The lowest BCUT2D eigenvalue weighted by Crippen LogP contribution is -2.46. The smallest absolute Gasteiger partial charge is 0.0139 e. The van der Waals surface area contributed by atoms with Crippen LogP contribution in [0.4, 0.5) is 0 Å². The van der Waals surface area contributed by atoms with Gasteiger partial charge in [-0.05, 0) is 64.6 Å². The summed E-state index contributed by atoms with van der Waals surface area (Å²) in [5, 5.41) is 3.58. The summed E-state index contributed by atoms with van der Waals surface area (Å²) in [4.78, 5) is 2.81. The van der Waals surface area contributed by atoms with Gasteiger partial charge in [0.25, 0.3) is 0 Å². The third-order valence-corrected chi connectivity index (χ3v) is 4.49. The van der Waals surface area contributed by atoms with Crippen molar-refractivity contribution in [1.29, 1.82) is 0 Å². The van der Waals surface area contributed by atoms with Crippen molar-refractivity contribution >= 4 is 0 Å². The van der Waals surface area contributed by atoms with Gasteiger partial charge in [-0.25, -0.2) is 0 Å². The van der Waals surface area contributed by atoms with Crippen LogP contribution >= 0.6 is 0 Å². The van der Waals surface area contributed by atoms with E-state index >= 15 is 0 Å². The average Bonchev–Trinajstić information content (AvgIpc) is 2.79. The molecule has 0 spiro atoms. The van der Waals surface area contributed by atoms with Gasteiger partial charge in [0, 0.05) is 12.1 Å².